The third kappa shape index (κ3) is 3.99. The number of nitrogens with zero attached hydrogens (tertiary/aromatic N) is 1. The van der Waals surface area contributed by atoms with E-state index >= 15 is 0 Å². The van der Waals surface area contributed by atoms with Crippen molar-refractivity contribution in [3.05, 3.63) is 58.5 Å². The minimum Gasteiger partial charge on any atom is -0.382 e. The van der Waals surface area contributed by atoms with Gasteiger partial charge in [-0.05, 0) is 69.9 Å². The van der Waals surface area contributed by atoms with E-state index in [0.717, 1.165) is 59.2 Å². The normalized spacial score (nSPS) is 19.5. The highest BCUT2D eigenvalue weighted by molar-refractivity contribution is 6.31. The third-order valence-electron chi connectivity index (χ3n) is 5.52. The number of carbonyl (C=O) groups is 1. The molecule has 5 nitrogen and oxygen atoms in total. The van der Waals surface area contributed by atoms with Crippen LogP contribution in [-0.2, 0) is 0 Å². The van der Waals surface area contributed by atoms with E-state index in [-0.39, 0.29) is 11.9 Å². The van der Waals surface area contributed by atoms with Crippen molar-refractivity contribution in [2.24, 2.45) is 0 Å². The molecule has 1 aliphatic rings. The fourth-order valence-electron chi connectivity index (χ4n) is 4.07. The minimum absolute atomic E-state index is 0.0234. The lowest BCUT2D eigenvalue weighted by Crippen LogP contribution is -2.40. The molecular weight excluding hydrogens is 372 g/mol. The summed E-state index contributed by atoms with van der Waals surface area (Å²) in [6.07, 6.45) is 5.80. The average molecular weight is 397 g/mol. The number of anilines is 1. The van der Waals surface area contributed by atoms with Gasteiger partial charge in [-0.1, -0.05) is 11.6 Å². The largest absolute Gasteiger partial charge is 0.382 e. The predicted molar refractivity (Wildman–Crippen MR) is 114 cm³/mol. The first-order valence-electron chi connectivity index (χ1n) is 9.77. The highest BCUT2D eigenvalue weighted by Crippen LogP contribution is 2.28. The summed E-state index contributed by atoms with van der Waals surface area (Å²) in [5, 5.41) is 8.64. The van der Waals surface area contributed by atoms with Crippen molar-refractivity contribution in [3.8, 4) is 0 Å². The molecule has 1 fully saturated rings. The second kappa shape index (κ2) is 7.84. The van der Waals surface area contributed by atoms with E-state index in [1.54, 1.807) is 0 Å². The maximum absolute atomic E-state index is 12.5. The standard InChI is InChI=1S/C22H25ClN4O/c1-13-11-19(14(2)25-13)22(28)27-17-6-4-16(5-7-17)26-20-9-10-24-21-12-15(23)3-8-18(20)21/h3,8-12,16-17,25H,4-7H2,1-2H3,(H,24,26)(H,27,28)/t16-,17+. The number of halogens is 1. The van der Waals surface area contributed by atoms with Crippen molar-refractivity contribution in [2.75, 3.05) is 5.32 Å². The number of aromatic amines is 1. The molecule has 2 heterocycles. The summed E-state index contributed by atoms with van der Waals surface area (Å²) in [6.45, 7) is 3.91. The van der Waals surface area contributed by atoms with E-state index < -0.39 is 0 Å². The van der Waals surface area contributed by atoms with E-state index in [1.165, 1.54) is 0 Å². The topological polar surface area (TPSA) is 69.8 Å². The van der Waals surface area contributed by atoms with E-state index in [9.17, 15) is 4.79 Å². The Hall–Kier alpha value is -2.53. The molecule has 2 aromatic heterocycles. The van der Waals surface area contributed by atoms with Crippen molar-refractivity contribution in [1.82, 2.24) is 15.3 Å². The lowest BCUT2D eigenvalue weighted by Gasteiger charge is -2.30. The molecule has 1 amide bonds. The first-order chi connectivity index (χ1) is 13.5. The fraction of sp³-hybridized carbons (Fsp3) is 0.364. The number of H-pyrrole nitrogens is 1. The highest BCUT2D eigenvalue weighted by atomic mass is 35.5. The maximum Gasteiger partial charge on any atom is 0.253 e. The van der Waals surface area contributed by atoms with Gasteiger partial charge in [0.2, 0.25) is 0 Å². The molecule has 0 aliphatic heterocycles. The summed E-state index contributed by atoms with van der Waals surface area (Å²) in [5.41, 5.74) is 4.68. The summed E-state index contributed by atoms with van der Waals surface area (Å²) < 4.78 is 0. The number of aromatic nitrogens is 2. The van der Waals surface area contributed by atoms with Gasteiger partial charge < -0.3 is 15.6 Å². The van der Waals surface area contributed by atoms with Gasteiger partial charge in [0.1, 0.15) is 0 Å². The number of aryl methyl sites for hydroxylation is 2. The first-order valence-corrected chi connectivity index (χ1v) is 10.2. The maximum atomic E-state index is 12.5. The van der Waals surface area contributed by atoms with Gasteiger partial charge in [0.15, 0.2) is 0 Å². The molecule has 0 unspecified atom stereocenters. The molecule has 28 heavy (non-hydrogen) atoms. The van der Waals surface area contributed by atoms with Crippen LogP contribution >= 0.6 is 11.6 Å². The number of benzene rings is 1. The molecule has 1 aromatic carbocycles. The SMILES string of the molecule is Cc1cc(C(=O)N[C@H]2CC[C@@H](Nc3ccnc4cc(Cl)ccc34)CC2)c(C)[nH]1. The Labute approximate surface area is 169 Å². The molecule has 0 bridgehead atoms. The molecule has 0 spiro atoms. The number of hydrogen-bond acceptors (Lipinski definition) is 3. The van der Waals surface area contributed by atoms with Crippen molar-refractivity contribution in [2.45, 2.75) is 51.6 Å². The van der Waals surface area contributed by atoms with Crippen molar-refractivity contribution in [1.29, 1.82) is 0 Å². The van der Waals surface area contributed by atoms with Gasteiger partial charge in [-0.2, -0.15) is 0 Å². The molecule has 0 atom stereocenters. The molecule has 6 heteroatoms. The van der Waals surface area contributed by atoms with Crippen molar-refractivity contribution in [3.63, 3.8) is 0 Å². The van der Waals surface area contributed by atoms with Gasteiger partial charge in [-0.15, -0.1) is 0 Å². The smallest absolute Gasteiger partial charge is 0.253 e. The molecule has 3 N–H and O–H groups in total. The van der Waals surface area contributed by atoms with Crippen LogP contribution in [0.3, 0.4) is 0 Å². The average Bonchev–Trinajstić information content (AvgIpc) is 3.01. The van der Waals surface area contributed by atoms with E-state index in [0.29, 0.717) is 11.1 Å². The van der Waals surface area contributed by atoms with Gasteiger partial charge in [-0.3, -0.25) is 9.78 Å². The molecule has 1 aliphatic carbocycles. The molecule has 0 radical (unpaired) electrons. The van der Waals surface area contributed by atoms with Crippen LogP contribution in [0.25, 0.3) is 10.9 Å². The Morgan fingerprint density at radius 3 is 2.57 bits per heavy atom. The van der Waals surface area contributed by atoms with E-state index in [1.807, 2.05) is 50.4 Å². The lowest BCUT2D eigenvalue weighted by atomic mass is 9.90. The zero-order chi connectivity index (χ0) is 19.7. The zero-order valence-electron chi connectivity index (χ0n) is 16.2. The van der Waals surface area contributed by atoms with Crippen LogP contribution in [0.2, 0.25) is 5.02 Å². The number of hydrogen-bond donors (Lipinski definition) is 3. The van der Waals surface area contributed by atoms with Gasteiger partial charge in [0.25, 0.3) is 5.91 Å². The molecule has 0 saturated heterocycles. The summed E-state index contributed by atoms with van der Waals surface area (Å²) in [7, 11) is 0. The van der Waals surface area contributed by atoms with Gasteiger partial charge in [0.05, 0.1) is 11.1 Å². The Morgan fingerprint density at radius 2 is 1.86 bits per heavy atom. The summed E-state index contributed by atoms with van der Waals surface area (Å²) in [5.74, 6) is 0.0234. The second-order valence-electron chi connectivity index (χ2n) is 7.68. The Balaban J connectivity index is 1.36. The van der Waals surface area contributed by atoms with Crippen molar-refractivity contribution < 1.29 is 4.79 Å². The molecule has 4 rings (SSSR count). The first kappa shape index (κ1) is 18.8. The summed E-state index contributed by atoms with van der Waals surface area (Å²) in [6, 6.07) is 10.4. The Bertz CT molecular complexity index is 1000. The van der Waals surface area contributed by atoms with Crippen LogP contribution in [-0.4, -0.2) is 28.0 Å². The predicted octanol–water partition coefficient (Wildman–Crippen LogP) is 4.99. The number of fused-ring (bicyclic) bond motifs is 1. The number of amides is 1. The molecule has 3 aromatic rings. The summed E-state index contributed by atoms with van der Waals surface area (Å²) >= 11 is 6.08. The zero-order valence-corrected chi connectivity index (χ0v) is 16.9. The van der Waals surface area contributed by atoms with Crippen LogP contribution in [0.15, 0.2) is 36.5 Å². The fourth-order valence-corrected chi connectivity index (χ4v) is 4.24. The van der Waals surface area contributed by atoms with Crippen LogP contribution in [0, 0.1) is 13.8 Å². The van der Waals surface area contributed by atoms with Crippen molar-refractivity contribution >= 4 is 34.1 Å². The van der Waals surface area contributed by atoms with Gasteiger partial charge in [-0.25, -0.2) is 0 Å². The van der Waals surface area contributed by atoms with Crippen LogP contribution < -0.4 is 10.6 Å². The van der Waals surface area contributed by atoms with Gasteiger partial charge >= 0.3 is 0 Å². The van der Waals surface area contributed by atoms with Crippen LogP contribution in [0.4, 0.5) is 5.69 Å². The van der Waals surface area contributed by atoms with E-state index in [4.69, 9.17) is 11.6 Å². The number of pyridine rings is 1. The quantitative estimate of drug-likeness (QED) is 0.582. The number of nitrogens with one attached hydrogen (secondary N) is 3. The number of carbonyl (C=O) groups excluding carboxylic acids is 1. The van der Waals surface area contributed by atoms with Crippen LogP contribution in [0.5, 0.6) is 0 Å². The second-order valence-corrected chi connectivity index (χ2v) is 8.11. The highest BCUT2D eigenvalue weighted by Gasteiger charge is 2.24. The third-order valence-corrected chi connectivity index (χ3v) is 5.76. The Kier molecular flexibility index (Phi) is 5.27. The Morgan fingerprint density at radius 1 is 1.11 bits per heavy atom. The van der Waals surface area contributed by atoms with Gasteiger partial charge in [0, 0.05) is 45.8 Å². The molecular formula is C22H25ClN4O. The molecule has 146 valence electrons. The minimum atomic E-state index is 0.0234. The van der Waals surface area contributed by atoms with Crippen LogP contribution in [0.1, 0.15) is 47.4 Å². The monoisotopic (exact) mass is 396 g/mol. The number of rotatable bonds is 4. The lowest BCUT2D eigenvalue weighted by molar-refractivity contribution is 0.0926. The van der Waals surface area contributed by atoms with E-state index in [2.05, 4.69) is 20.6 Å². The molecule has 1 saturated carbocycles. The summed E-state index contributed by atoms with van der Waals surface area (Å²) in [4.78, 5) is 20.1.